The lowest BCUT2D eigenvalue weighted by Gasteiger charge is -2.19. The molecular weight excluding hydrogens is 444 g/mol. The fourth-order valence-corrected chi connectivity index (χ4v) is 3.17. The Kier molecular flexibility index (Phi) is 7.97. The maximum atomic E-state index is 12.8. The Morgan fingerprint density at radius 2 is 1.67 bits per heavy atom. The quantitative estimate of drug-likeness (QED) is 0.470. The lowest BCUT2D eigenvalue weighted by molar-refractivity contribution is -0.122. The SMILES string of the molecule is O=C(Nc1ccc(Br)cc1)NC(Cc1ccccc1)C(=O)NCCc1ccccn1. The first-order valence-corrected chi connectivity index (χ1v) is 10.4. The first kappa shape index (κ1) is 21.5. The van der Waals surface area contributed by atoms with E-state index in [1.165, 1.54) is 0 Å². The van der Waals surface area contributed by atoms with Gasteiger partial charge in [-0.2, -0.15) is 0 Å². The molecule has 0 radical (unpaired) electrons. The van der Waals surface area contributed by atoms with Gasteiger partial charge >= 0.3 is 6.03 Å². The van der Waals surface area contributed by atoms with Crippen LogP contribution in [0.4, 0.5) is 10.5 Å². The number of carbonyl (C=O) groups excluding carboxylic acids is 2. The standard InChI is InChI=1S/C23H23BrN4O2/c24-18-9-11-20(12-10-18)27-23(30)28-21(16-17-6-2-1-3-7-17)22(29)26-15-13-19-8-4-5-14-25-19/h1-12,14,21H,13,15-16H2,(H,26,29)(H2,27,28,30). The Hall–Kier alpha value is -3.19. The third kappa shape index (κ3) is 7.00. The van der Waals surface area contributed by atoms with Crippen LogP contribution < -0.4 is 16.0 Å². The molecular formula is C23H23BrN4O2. The summed E-state index contributed by atoms with van der Waals surface area (Å²) in [6, 6.07) is 21.4. The van der Waals surface area contributed by atoms with Crippen LogP contribution in [0.3, 0.4) is 0 Å². The number of halogens is 1. The molecule has 30 heavy (non-hydrogen) atoms. The molecule has 3 rings (SSSR count). The van der Waals surface area contributed by atoms with Gasteiger partial charge < -0.3 is 16.0 Å². The number of pyridine rings is 1. The van der Waals surface area contributed by atoms with Gasteiger partial charge in [-0.05, 0) is 42.0 Å². The monoisotopic (exact) mass is 466 g/mol. The first-order chi connectivity index (χ1) is 14.6. The van der Waals surface area contributed by atoms with Crippen LogP contribution in [0.1, 0.15) is 11.3 Å². The first-order valence-electron chi connectivity index (χ1n) is 9.65. The highest BCUT2D eigenvalue weighted by Crippen LogP contribution is 2.14. The Labute approximate surface area is 184 Å². The normalized spacial score (nSPS) is 11.4. The molecule has 0 aliphatic rings. The van der Waals surface area contributed by atoms with Crippen LogP contribution >= 0.6 is 15.9 Å². The number of hydrogen-bond acceptors (Lipinski definition) is 3. The zero-order valence-corrected chi connectivity index (χ0v) is 17.9. The van der Waals surface area contributed by atoms with Crippen LogP contribution in [-0.2, 0) is 17.6 Å². The number of benzene rings is 2. The van der Waals surface area contributed by atoms with E-state index in [-0.39, 0.29) is 5.91 Å². The van der Waals surface area contributed by atoms with Gasteiger partial charge in [-0.15, -0.1) is 0 Å². The Morgan fingerprint density at radius 3 is 2.37 bits per heavy atom. The molecule has 1 atom stereocenters. The number of aromatic nitrogens is 1. The number of nitrogens with zero attached hydrogens (tertiary/aromatic N) is 1. The third-order valence-electron chi connectivity index (χ3n) is 4.41. The van der Waals surface area contributed by atoms with E-state index in [9.17, 15) is 9.59 Å². The van der Waals surface area contributed by atoms with Crippen molar-refractivity contribution in [1.82, 2.24) is 15.6 Å². The van der Waals surface area contributed by atoms with Crippen molar-refractivity contribution in [2.24, 2.45) is 0 Å². The van der Waals surface area contributed by atoms with E-state index in [4.69, 9.17) is 0 Å². The maximum Gasteiger partial charge on any atom is 0.319 e. The summed E-state index contributed by atoms with van der Waals surface area (Å²) in [5.41, 5.74) is 2.51. The summed E-state index contributed by atoms with van der Waals surface area (Å²) in [7, 11) is 0. The van der Waals surface area contributed by atoms with Crippen molar-refractivity contribution in [1.29, 1.82) is 0 Å². The molecule has 0 saturated carbocycles. The highest BCUT2D eigenvalue weighted by Gasteiger charge is 2.21. The summed E-state index contributed by atoms with van der Waals surface area (Å²) in [5.74, 6) is -0.235. The lowest BCUT2D eigenvalue weighted by atomic mass is 10.1. The van der Waals surface area contributed by atoms with Crippen molar-refractivity contribution in [3.05, 3.63) is 94.7 Å². The van der Waals surface area contributed by atoms with Crippen molar-refractivity contribution in [3.8, 4) is 0 Å². The van der Waals surface area contributed by atoms with Gasteiger partial charge in [0, 0.05) is 41.4 Å². The van der Waals surface area contributed by atoms with Gasteiger partial charge in [-0.25, -0.2) is 4.79 Å². The van der Waals surface area contributed by atoms with Crippen LogP contribution in [0, 0.1) is 0 Å². The predicted octanol–water partition coefficient (Wildman–Crippen LogP) is 3.94. The van der Waals surface area contributed by atoms with Crippen molar-refractivity contribution in [2.45, 2.75) is 18.9 Å². The molecule has 3 amide bonds. The number of carbonyl (C=O) groups is 2. The molecule has 0 aliphatic carbocycles. The Morgan fingerprint density at radius 1 is 0.933 bits per heavy atom. The van der Waals surface area contributed by atoms with Crippen molar-refractivity contribution in [2.75, 3.05) is 11.9 Å². The molecule has 0 saturated heterocycles. The second-order valence-corrected chi connectivity index (χ2v) is 7.63. The summed E-state index contributed by atoms with van der Waals surface area (Å²) < 4.78 is 0.919. The van der Waals surface area contributed by atoms with Crippen LogP contribution in [0.15, 0.2) is 83.5 Å². The smallest absolute Gasteiger partial charge is 0.319 e. The number of amides is 3. The zero-order valence-electron chi connectivity index (χ0n) is 16.3. The van der Waals surface area contributed by atoms with Gasteiger partial charge in [-0.1, -0.05) is 52.3 Å². The number of urea groups is 1. The van der Waals surface area contributed by atoms with E-state index >= 15 is 0 Å². The van der Waals surface area contributed by atoms with E-state index in [1.807, 2.05) is 60.7 Å². The highest BCUT2D eigenvalue weighted by atomic mass is 79.9. The summed E-state index contributed by atoms with van der Waals surface area (Å²) in [6.07, 6.45) is 2.74. The highest BCUT2D eigenvalue weighted by molar-refractivity contribution is 9.10. The van der Waals surface area contributed by atoms with Gasteiger partial charge in [0.2, 0.25) is 5.91 Å². The van der Waals surface area contributed by atoms with Gasteiger partial charge in [0.1, 0.15) is 6.04 Å². The minimum absolute atomic E-state index is 0.235. The fourth-order valence-electron chi connectivity index (χ4n) is 2.90. The summed E-state index contributed by atoms with van der Waals surface area (Å²) in [5, 5.41) is 8.45. The lowest BCUT2D eigenvalue weighted by Crippen LogP contribution is -2.49. The van der Waals surface area contributed by atoms with E-state index in [0.717, 1.165) is 15.7 Å². The molecule has 0 aliphatic heterocycles. The Bertz CT molecular complexity index is 950. The molecule has 1 aromatic heterocycles. The summed E-state index contributed by atoms with van der Waals surface area (Å²) in [4.78, 5) is 29.5. The van der Waals surface area contributed by atoms with E-state index in [0.29, 0.717) is 25.1 Å². The van der Waals surface area contributed by atoms with E-state index < -0.39 is 12.1 Å². The molecule has 1 heterocycles. The predicted molar refractivity (Wildman–Crippen MR) is 121 cm³/mol. The molecule has 3 N–H and O–H groups in total. The number of anilines is 1. The molecule has 1 unspecified atom stereocenters. The number of hydrogen-bond donors (Lipinski definition) is 3. The third-order valence-corrected chi connectivity index (χ3v) is 4.94. The van der Waals surface area contributed by atoms with Gasteiger partial charge in [0.25, 0.3) is 0 Å². The van der Waals surface area contributed by atoms with Crippen LogP contribution in [-0.4, -0.2) is 29.5 Å². The molecule has 2 aromatic carbocycles. The number of nitrogens with one attached hydrogen (secondary N) is 3. The van der Waals surface area contributed by atoms with E-state index in [1.54, 1.807) is 18.3 Å². The van der Waals surface area contributed by atoms with E-state index in [2.05, 4.69) is 36.9 Å². The van der Waals surface area contributed by atoms with Gasteiger partial charge in [-0.3, -0.25) is 9.78 Å². The molecule has 6 nitrogen and oxygen atoms in total. The van der Waals surface area contributed by atoms with Crippen LogP contribution in [0.25, 0.3) is 0 Å². The molecule has 0 fully saturated rings. The second kappa shape index (κ2) is 11.1. The molecule has 7 heteroatoms. The van der Waals surface area contributed by atoms with Crippen LogP contribution in [0.2, 0.25) is 0 Å². The average molecular weight is 467 g/mol. The fraction of sp³-hybridized carbons (Fsp3) is 0.174. The zero-order chi connectivity index (χ0) is 21.2. The summed E-state index contributed by atoms with van der Waals surface area (Å²) in [6.45, 7) is 0.442. The molecule has 0 bridgehead atoms. The molecule has 3 aromatic rings. The average Bonchev–Trinajstić information content (AvgIpc) is 2.76. The van der Waals surface area contributed by atoms with Crippen molar-refractivity contribution in [3.63, 3.8) is 0 Å². The van der Waals surface area contributed by atoms with Gasteiger partial charge in [0.05, 0.1) is 0 Å². The topological polar surface area (TPSA) is 83.1 Å². The second-order valence-electron chi connectivity index (χ2n) is 6.71. The Balaban J connectivity index is 1.60. The minimum Gasteiger partial charge on any atom is -0.354 e. The maximum absolute atomic E-state index is 12.8. The molecule has 154 valence electrons. The number of rotatable bonds is 8. The van der Waals surface area contributed by atoms with Crippen molar-refractivity contribution >= 4 is 33.6 Å². The summed E-state index contributed by atoms with van der Waals surface area (Å²) >= 11 is 3.36. The molecule has 0 spiro atoms. The largest absolute Gasteiger partial charge is 0.354 e. The van der Waals surface area contributed by atoms with Crippen LogP contribution in [0.5, 0.6) is 0 Å². The van der Waals surface area contributed by atoms with Gasteiger partial charge in [0.15, 0.2) is 0 Å². The van der Waals surface area contributed by atoms with Crippen molar-refractivity contribution < 1.29 is 9.59 Å². The minimum atomic E-state index is -0.702.